The van der Waals surface area contributed by atoms with E-state index in [1.54, 1.807) is 0 Å². The maximum atomic E-state index is 14.0. The van der Waals surface area contributed by atoms with Gasteiger partial charge in [0, 0.05) is 19.2 Å². The van der Waals surface area contributed by atoms with E-state index in [0.717, 1.165) is 6.42 Å². The number of anilines is 1. The number of nitrogens with one attached hydrogen (secondary N) is 1. The molecule has 0 spiro atoms. The Morgan fingerprint density at radius 1 is 1.29 bits per heavy atom. The molecule has 156 valence electrons. The fourth-order valence-corrected chi connectivity index (χ4v) is 5.14. The van der Waals surface area contributed by atoms with Crippen LogP contribution in [0, 0.1) is 5.82 Å². The molecule has 11 heteroatoms. The van der Waals surface area contributed by atoms with Gasteiger partial charge in [-0.2, -0.15) is 13.2 Å². The molecule has 2 saturated heterocycles. The van der Waals surface area contributed by atoms with E-state index in [-0.39, 0.29) is 30.6 Å². The van der Waals surface area contributed by atoms with Crippen LogP contribution >= 0.6 is 0 Å². The van der Waals surface area contributed by atoms with E-state index in [9.17, 15) is 30.8 Å². The Morgan fingerprint density at radius 2 is 2.04 bits per heavy atom. The van der Waals surface area contributed by atoms with Crippen molar-refractivity contribution in [1.82, 2.24) is 4.90 Å². The van der Waals surface area contributed by atoms with Crippen molar-refractivity contribution in [2.75, 3.05) is 30.0 Å². The molecule has 0 radical (unpaired) electrons. The van der Waals surface area contributed by atoms with E-state index in [1.165, 1.54) is 4.90 Å². The third kappa shape index (κ3) is 4.93. The highest BCUT2D eigenvalue weighted by molar-refractivity contribution is 7.91. The normalized spacial score (nSPS) is 24.3. The number of benzene rings is 1. The van der Waals surface area contributed by atoms with Crippen molar-refractivity contribution in [3.05, 3.63) is 29.6 Å². The Labute approximate surface area is 159 Å². The summed E-state index contributed by atoms with van der Waals surface area (Å²) in [7, 11) is -3.30. The van der Waals surface area contributed by atoms with Gasteiger partial charge in [0.1, 0.15) is 5.82 Å². The predicted octanol–water partition coefficient (Wildman–Crippen LogP) is 3.04. The van der Waals surface area contributed by atoms with Gasteiger partial charge in [-0.05, 0) is 37.5 Å². The molecule has 1 aromatic rings. The van der Waals surface area contributed by atoms with Crippen molar-refractivity contribution >= 4 is 21.6 Å². The molecule has 0 unspecified atom stereocenters. The molecule has 0 bridgehead atoms. The first-order chi connectivity index (χ1) is 13.0. The molecule has 2 fully saturated rings. The van der Waals surface area contributed by atoms with Gasteiger partial charge in [0.2, 0.25) is 0 Å². The maximum Gasteiger partial charge on any atom is 0.416 e. The lowest BCUT2D eigenvalue weighted by Gasteiger charge is -2.30. The van der Waals surface area contributed by atoms with E-state index < -0.39 is 45.2 Å². The van der Waals surface area contributed by atoms with Gasteiger partial charge in [-0.3, -0.25) is 0 Å². The molecule has 0 aliphatic carbocycles. The molecule has 2 aliphatic rings. The first-order valence-electron chi connectivity index (χ1n) is 8.81. The minimum Gasteiger partial charge on any atom is -0.376 e. The largest absolute Gasteiger partial charge is 0.416 e. The summed E-state index contributed by atoms with van der Waals surface area (Å²) in [5.74, 6) is -1.33. The van der Waals surface area contributed by atoms with Gasteiger partial charge in [-0.15, -0.1) is 0 Å². The summed E-state index contributed by atoms with van der Waals surface area (Å²) in [6, 6.07) is 0.239. The summed E-state index contributed by atoms with van der Waals surface area (Å²) in [4.78, 5) is 14.0. The summed E-state index contributed by atoms with van der Waals surface area (Å²) >= 11 is 0. The van der Waals surface area contributed by atoms with Gasteiger partial charge in [-0.1, -0.05) is 0 Å². The molecule has 2 atom stereocenters. The van der Waals surface area contributed by atoms with E-state index >= 15 is 0 Å². The van der Waals surface area contributed by atoms with Crippen LogP contribution in [-0.2, 0) is 20.8 Å². The molecule has 2 aliphatic heterocycles. The van der Waals surface area contributed by atoms with Crippen LogP contribution in [0.15, 0.2) is 18.2 Å². The van der Waals surface area contributed by atoms with Crippen molar-refractivity contribution in [2.45, 2.75) is 37.6 Å². The summed E-state index contributed by atoms with van der Waals surface area (Å²) in [6.45, 7) is 0.609. The quantitative estimate of drug-likeness (QED) is 0.754. The molecule has 1 N–H and O–H groups in total. The number of alkyl halides is 3. The summed E-state index contributed by atoms with van der Waals surface area (Å²) in [5, 5.41) is 2.16. The third-order valence-corrected chi connectivity index (χ3v) is 6.62. The van der Waals surface area contributed by atoms with Gasteiger partial charge in [0.05, 0.1) is 28.9 Å². The molecule has 1 aromatic carbocycles. The Morgan fingerprint density at radius 3 is 2.61 bits per heavy atom. The van der Waals surface area contributed by atoms with Gasteiger partial charge in [0.25, 0.3) is 0 Å². The monoisotopic (exact) mass is 424 g/mol. The van der Waals surface area contributed by atoms with Crippen LogP contribution in [0.3, 0.4) is 0 Å². The Hall–Kier alpha value is -1.88. The number of hydrogen-bond acceptors (Lipinski definition) is 4. The minimum atomic E-state index is -4.69. The Bertz CT molecular complexity index is 838. The Balaban J connectivity index is 1.81. The summed E-state index contributed by atoms with van der Waals surface area (Å²) < 4.78 is 81.7. The fraction of sp³-hybridized carbons (Fsp3) is 0.588. The first-order valence-corrected chi connectivity index (χ1v) is 10.6. The van der Waals surface area contributed by atoms with Crippen LogP contribution in [0.1, 0.15) is 24.8 Å². The second-order valence-corrected chi connectivity index (χ2v) is 9.20. The average Bonchev–Trinajstić information content (AvgIpc) is 3.22. The van der Waals surface area contributed by atoms with Crippen LogP contribution in [0.2, 0.25) is 0 Å². The van der Waals surface area contributed by atoms with Crippen LogP contribution in [0.5, 0.6) is 0 Å². The van der Waals surface area contributed by atoms with Crippen LogP contribution < -0.4 is 5.32 Å². The number of ether oxygens (including phenoxy) is 1. The number of sulfone groups is 1. The molecular formula is C17H20F4N2O4S. The average molecular weight is 424 g/mol. The van der Waals surface area contributed by atoms with Crippen molar-refractivity contribution in [3.8, 4) is 0 Å². The number of hydrogen-bond donors (Lipinski definition) is 1. The third-order valence-electron chi connectivity index (χ3n) is 4.87. The molecule has 2 amide bonds. The van der Waals surface area contributed by atoms with E-state index in [1.807, 2.05) is 0 Å². The molecule has 0 aromatic heterocycles. The lowest BCUT2D eigenvalue weighted by molar-refractivity contribution is -0.137. The molecule has 28 heavy (non-hydrogen) atoms. The fourth-order valence-electron chi connectivity index (χ4n) is 3.41. The maximum absolute atomic E-state index is 14.0. The SMILES string of the molecule is O=C(Nc1cc(C(F)(F)F)ccc1F)N(C[C@@H]1CCCO1)[C@@H]1CCS(=O)(=O)C1. The van der Waals surface area contributed by atoms with Crippen LogP contribution in [0.4, 0.5) is 28.0 Å². The molecule has 2 heterocycles. The number of amides is 2. The van der Waals surface area contributed by atoms with Crippen molar-refractivity contribution in [2.24, 2.45) is 0 Å². The highest BCUT2D eigenvalue weighted by atomic mass is 32.2. The van der Waals surface area contributed by atoms with Gasteiger partial charge in [0.15, 0.2) is 9.84 Å². The number of carbonyl (C=O) groups is 1. The molecule has 6 nitrogen and oxygen atoms in total. The first kappa shape index (κ1) is 20.8. The van der Waals surface area contributed by atoms with E-state index in [2.05, 4.69) is 5.32 Å². The van der Waals surface area contributed by atoms with Crippen molar-refractivity contribution < 1.29 is 35.5 Å². The highest BCUT2D eigenvalue weighted by Crippen LogP contribution is 2.32. The summed E-state index contributed by atoms with van der Waals surface area (Å²) in [5.41, 5.74) is -1.71. The lowest BCUT2D eigenvalue weighted by atomic mass is 10.1. The zero-order valence-electron chi connectivity index (χ0n) is 14.8. The number of halogens is 4. The lowest BCUT2D eigenvalue weighted by Crippen LogP contribution is -2.47. The van der Waals surface area contributed by atoms with Crippen molar-refractivity contribution in [1.29, 1.82) is 0 Å². The zero-order chi connectivity index (χ0) is 20.5. The van der Waals surface area contributed by atoms with E-state index in [0.29, 0.717) is 31.2 Å². The number of carbonyl (C=O) groups excluding carboxylic acids is 1. The minimum absolute atomic E-state index is 0.0785. The van der Waals surface area contributed by atoms with Gasteiger partial charge < -0.3 is 15.0 Å². The summed E-state index contributed by atoms with van der Waals surface area (Å²) in [6.07, 6.45) is -3.29. The molecule has 3 rings (SSSR count). The topological polar surface area (TPSA) is 75.7 Å². The highest BCUT2D eigenvalue weighted by Gasteiger charge is 2.37. The van der Waals surface area contributed by atoms with Crippen molar-refractivity contribution in [3.63, 3.8) is 0 Å². The smallest absolute Gasteiger partial charge is 0.376 e. The van der Waals surface area contributed by atoms with Gasteiger partial charge in [-0.25, -0.2) is 17.6 Å². The van der Waals surface area contributed by atoms with Crippen LogP contribution in [-0.4, -0.2) is 56.2 Å². The standard InChI is InChI=1S/C17H20F4N2O4S/c18-14-4-3-11(17(19,20)21)8-15(14)22-16(24)23(9-13-2-1-6-27-13)12-5-7-28(25,26)10-12/h3-4,8,12-13H,1-2,5-7,9-10H2,(H,22,24)/t12-,13+/m1/s1. The molecule has 0 saturated carbocycles. The number of rotatable bonds is 4. The predicted molar refractivity (Wildman–Crippen MR) is 93.2 cm³/mol. The second kappa shape index (κ2) is 7.86. The Kier molecular flexibility index (Phi) is 5.85. The van der Waals surface area contributed by atoms with E-state index in [4.69, 9.17) is 4.74 Å². The molecular weight excluding hydrogens is 404 g/mol. The van der Waals surface area contributed by atoms with Gasteiger partial charge >= 0.3 is 12.2 Å². The second-order valence-electron chi connectivity index (χ2n) is 6.97. The number of nitrogens with zero attached hydrogens (tertiary/aromatic N) is 1. The van der Waals surface area contributed by atoms with Crippen LogP contribution in [0.25, 0.3) is 0 Å². The number of urea groups is 1. The zero-order valence-corrected chi connectivity index (χ0v) is 15.7.